The lowest BCUT2D eigenvalue weighted by Crippen LogP contribution is -2.37. The summed E-state index contributed by atoms with van der Waals surface area (Å²) >= 11 is 0. The summed E-state index contributed by atoms with van der Waals surface area (Å²) < 4.78 is 13.8. The average molecular weight is 329 g/mol. The van der Waals surface area contributed by atoms with Gasteiger partial charge in [0.1, 0.15) is 5.82 Å². The molecule has 2 aromatic carbocycles. The molecule has 2 aromatic rings. The zero-order valence-corrected chi connectivity index (χ0v) is 13.3. The molecule has 0 bridgehead atoms. The molecular weight excluding hydrogens is 309 g/mol. The number of rotatable bonds is 6. The van der Waals surface area contributed by atoms with E-state index in [2.05, 4.69) is 10.6 Å². The van der Waals surface area contributed by atoms with E-state index in [1.807, 2.05) is 18.2 Å². The lowest BCUT2D eigenvalue weighted by molar-refractivity contribution is -0.122. The van der Waals surface area contributed by atoms with Crippen LogP contribution in [0.15, 0.2) is 54.6 Å². The fraction of sp³-hybridized carbons (Fsp3) is 0.222. The van der Waals surface area contributed by atoms with Gasteiger partial charge in [0.2, 0.25) is 5.91 Å². The van der Waals surface area contributed by atoms with Crippen LogP contribution < -0.4 is 16.4 Å². The molecule has 0 aliphatic rings. The number of hydrogen-bond acceptors (Lipinski definition) is 2. The smallest absolute Gasteiger partial charge is 0.312 e. The highest BCUT2D eigenvalue weighted by atomic mass is 19.1. The number of hydrogen-bond donors (Lipinski definition) is 3. The van der Waals surface area contributed by atoms with Crippen molar-refractivity contribution in [1.82, 2.24) is 10.6 Å². The second-order valence-corrected chi connectivity index (χ2v) is 5.49. The molecule has 0 unspecified atom stereocenters. The number of nitrogens with one attached hydrogen (secondary N) is 2. The Bertz CT molecular complexity index is 706. The van der Waals surface area contributed by atoms with Crippen molar-refractivity contribution in [3.8, 4) is 0 Å². The number of amides is 3. The molecule has 4 N–H and O–H groups in total. The van der Waals surface area contributed by atoms with Crippen molar-refractivity contribution in [3.05, 3.63) is 71.5 Å². The summed E-state index contributed by atoms with van der Waals surface area (Å²) in [4.78, 5) is 23.5. The van der Waals surface area contributed by atoms with Gasteiger partial charge in [-0.1, -0.05) is 48.5 Å². The fourth-order valence-corrected chi connectivity index (χ4v) is 2.50. The van der Waals surface area contributed by atoms with Crippen LogP contribution >= 0.6 is 0 Å². The first-order valence-electron chi connectivity index (χ1n) is 7.62. The van der Waals surface area contributed by atoms with Crippen molar-refractivity contribution < 1.29 is 14.0 Å². The molecule has 0 saturated carbocycles. The van der Waals surface area contributed by atoms with Crippen LogP contribution in [0, 0.1) is 5.82 Å². The fourth-order valence-electron chi connectivity index (χ4n) is 2.50. The van der Waals surface area contributed by atoms with Crippen molar-refractivity contribution in [1.29, 1.82) is 0 Å². The van der Waals surface area contributed by atoms with E-state index in [9.17, 15) is 14.0 Å². The first-order valence-corrected chi connectivity index (χ1v) is 7.62. The quantitative estimate of drug-likeness (QED) is 0.761. The molecule has 5 nitrogen and oxygen atoms in total. The topological polar surface area (TPSA) is 84.2 Å². The Kier molecular flexibility index (Phi) is 5.89. The summed E-state index contributed by atoms with van der Waals surface area (Å²) in [6, 6.07) is 13.6. The predicted octanol–water partition coefficient (Wildman–Crippen LogP) is 2.80. The van der Waals surface area contributed by atoms with Gasteiger partial charge in [-0.3, -0.25) is 4.79 Å². The van der Waals surface area contributed by atoms with Gasteiger partial charge in [0, 0.05) is 5.56 Å². The van der Waals surface area contributed by atoms with E-state index in [0.717, 1.165) is 5.56 Å². The highest BCUT2D eigenvalue weighted by Gasteiger charge is 2.19. The Hall–Kier alpha value is -2.89. The maximum absolute atomic E-state index is 13.8. The van der Waals surface area contributed by atoms with E-state index in [4.69, 9.17) is 5.73 Å². The molecular formula is C18H20FN3O2. The maximum atomic E-state index is 13.8. The van der Waals surface area contributed by atoms with E-state index < -0.39 is 18.1 Å². The molecule has 0 aliphatic heterocycles. The molecule has 0 aliphatic carbocycles. The Balaban J connectivity index is 2.05. The minimum atomic E-state index is -0.709. The molecule has 3 amide bonds. The molecule has 6 heteroatoms. The maximum Gasteiger partial charge on any atom is 0.312 e. The third-order valence-corrected chi connectivity index (χ3v) is 3.66. The number of halogens is 1. The first-order chi connectivity index (χ1) is 11.5. The third-order valence-electron chi connectivity index (χ3n) is 3.66. The number of carbonyl (C=O) groups is 2. The highest BCUT2D eigenvalue weighted by Crippen LogP contribution is 2.19. The molecule has 0 fully saturated rings. The Morgan fingerprint density at radius 2 is 1.67 bits per heavy atom. The second kappa shape index (κ2) is 8.10. The lowest BCUT2D eigenvalue weighted by atomic mass is 10.0. The Morgan fingerprint density at radius 3 is 2.29 bits per heavy atom. The Labute approximate surface area is 140 Å². The van der Waals surface area contributed by atoms with E-state index in [0.29, 0.717) is 5.56 Å². The van der Waals surface area contributed by atoms with Crippen molar-refractivity contribution >= 4 is 11.9 Å². The first kappa shape index (κ1) is 17.5. The summed E-state index contributed by atoms with van der Waals surface area (Å²) in [6.45, 7) is 1.70. The Morgan fingerprint density at radius 1 is 1.04 bits per heavy atom. The van der Waals surface area contributed by atoms with Gasteiger partial charge in [-0.05, 0) is 18.6 Å². The highest BCUT2D eigenvalue weighted by molar-refractivity contribution is 5.79. The normalized spacial score (nSPS) is 12.9. The number of urea groups is 1. The molecule has 0 heterocycles. The van der Waals surface area contributed by atoms with Gasteiger partial charge >= 0.3 is 6.03 Å². The van der Waals surface area contributed by atoms with E-state index >= 15 is 0 Å². The SMILES string of the molecule is C[C@H](NC(=O)C[C@H](NC(N)=O)c1ccccc1)c1ccccc1F. The average Bonchev–Trinajstić information content (AvgIpc) is 2.55. The van der Waals surface area contributed by atoms with Crippen LogP contribution in [0.3, 0.4) is 0 Å². The monoisotopic (exact) mass is 329 g/mol. The van der Waals surface area contributed by atoms with Gasteiger partial charge < -0.3 is 16.4 Å². The summed E-state index contributed by atoms with van der Waals surface area (Å²) in [5.41, 5.74) is 6.36. The van der Waals surface area contributed by atoms with Gasteiger partial charge in [0.25, 0.3) is 0 Å². The van der Waals surface area contributed by atoms with Crippen molar-refractivity contribution in [3.63, 3.8) is 0 Å². The van der Waals surface area contributed by atoms with Gasteiger partial charge in [-0.25, -0.2) is 9.18 Å². The summed E-state index contributed by atoms with van der Waals surface area (Å²) in [5, 5.41) is 5.29. The summed E-state index contributed by atoms with van der Waals surface area (Å²) in [7, 11) is 0. The van der Waals surface area contributed by atoms with Crippen molar-refractivity contribution in [2.24, 2.45) is 5.73 Å². The summed E-state index contributed by atoms with van der Waals surface area (Å²) in [5.74, 6) is -0.687. The molecule has 2 rings (SSSR count). The molecule has 2 atom stereocenters. The minimum Gasteiger partial charge on any atom is -0.352 e. The molecule has 0 aromatic heterocycles. The number of benzene rings is 2. The van der Waals surface area contributed by atoms with Crippen molar-refractivity contribution in [2.45, 2.75) is 25.4 Å². The van der Waals surface area contributed by atoms with Crippen LogP contribution in [0.1, 0.15) is 36.6 Å². The van der Waals surface area contributed by atoms with Crippen LogP contribution in [0.4, 0.5) is 9.18 Å². The van der Waals surface area contributed by atoms with Crippen LogP contribution in [0.2, 0.25) is 0 Å². The zero-order valence-electron chi connectivity index (χ0n) is 13.3. The molecule has 0 radical (unpaired) electrons. The number of nitrogens with two attached hydrogens (primary N) is 1. The number of primary amides is 1. The second-order valence-electron chi connectivity index (χ2n) is 5.49. The van der Waals surface area contributed by atoms with E-state index in [1.54, 1.807) is 37.3 Å². The van der Waals surface area contributed by atoms with Gasteiger partial charge in [0.15, 0.2) is 0 Å². The lowest BCUT2D eigenvalue weighted by Gasteiger charge is -2.20. The third kappa shape index (κ3) is 4.81. The van der Waals surface area contributed by atoms with Gasteiger partial charge in [-0.2, -0.15) is 0 Å². The standard InChI is InChI=1S/C18H20FN3O2/c1-12(14-9-5-6-10-15(14)19)21-17(23)11-16(22-18(20)24)13-7-3-2-4-8-13/h2-10,12,16H,11H2,1H3,(H,21,23)(H3,20,22,24)/t12-,16-/m0/s1. The van der Waals surface area contributed by atoms with Crippen LogP contribution in [-0.2, 0) is 4.79 Å². The molecule has 0 spiro atoms. The van der Waals surface area contributed by atoms with Gasteiger partial charge in [-0.15, -0.1) is 0 Å². The van der Waals surface area contributed by atoms with E-state index in [-0.39, 0.29) is 18.1 Å². The zero-order chi connectivity index (χ0) is 17.5. The van der Waals surface area contributed by atoms with Crippen LogP contribution in [-0.4, -0.2) is 11.9 Å². The number of carbonyl (C=O) groups excluding carboxylic acids is 2. The predicted molar refractivity (Wildman–Crippen MR) is 89.5 cm³/mol. The molecule has 24 heavy (non-hydrogen) atoms. The van der Waals surface area contributed by atoms with Gasteiger partial charge in [0.05, 0.1) is 18.5 Å². The van der Waals surface area contributed by atoms with E-state index in [1.165, 1.54) is 6.07 Å². The van der Waals surface area contributed by atoms with Crippen LogP contribution in [0.5, 0.6) is 0 Å². The van der Waals surface area contributed by atoms with Crippen molar-refractivity contribution in [2.75, 3.05) is 0 Å². The van der Waals surface area contributed by atoms with Crippen LogP contribution in [0.25, 0.3) is 0 Å². The molecule has 126 valence electrons. The minimum absolute atomic E-state index is 0.00570. The largest absolute Gasteiger partial charge is 0.352 e. The summed E-state index contributed by atoms with van der Waals surface area (Å²) in [6.07, 6.45) is 0.00570. The molecule has 0 saturated heterocycles.